The standard InChI is InChI=1S/C16H19F3N2O4S/c17-16(18,19)25-13-3-5-14(6-4-13)26(23,24)20-12-7-9-21(10-8-12)15(22)11-1-2-11/h3-6,11-12,20H,1-2,7-10H2. The molecule has 0 unspecified atom stereocenters. The maximum Gasteiger partial charge on any atom is 0.573 e. The van der Waals surface area contributed by atoms with Crippen molar-refractivity contribution in [1.82, 2.24) is 9.62 Å². The van der Waals surface area contributed by atoms with Gasteiger partial charge >= 0.3 is 6.36 Å². The monoisotopic (exact) mass is 392 g/mol. The van der Waals surface area contributed by atoms with E-state index >= 15 is 0 Å². The van der Waals surface area contributed by atoms with Gasteiger partial charge in [0.15, 0.2) is 0 Å². The summed E-state index contributed by atoms with van der Waals surface area (Å²) in [5, 5.41) is 0. The normalized spacial score (nSPS) is 19.4. The van der Waals surface area contributed by atoms with Crippen LogP contribution in [-0.4, -0.2) is 44.7 Å². The average molecular weight is 392 g/mol. The largest absolute Gasteiger partial charge is 0.573 e. The second-order valence-corrected chi connectivity index (χ2v) is 8.23. The van der Waals surface area contributed by atoms with Crippen LogP contribution in [0.2, 0.25) is 0 Å². The molecule has 1 N–H and O–H groups in total. The summed E-state index contributed by atoms with van der Waals surface area (Å²) in [5.74, 6) is -0.199. The molecule has 0 bridgehead atoms. The Morgan fingerprint density at radius 1 is 1.08 bits per heavy atom. The number of halogens is 3. The SMILES string of the molecule is O=C(C1CC1)N1CCC(NS(=O)(=O)c2ccc(OC(F)(F)F)cc2)CC1. The number of benzene rings is 1. The second-order valence-electron chi connectivity index (χ2n) is 6.51. The predicted molar refractivity (Wildman–Crippen MR) is 85.8 cm³/mol. The highest BCUT2D eigenvalue weighted by molar-refractivity contribution is 7.89. The second kappa shape index (κ2) is 7.07. The lowest BCUT2D eigenvalue weighted by molar-refractivity contribution is -0.274. The molecule has 0 atom stereocenters. The van der Waals surface area contributed by atoms with Gasteiger partial charge in [0.1, 0.15) is 5.75 Å². The van der Waals surface area contributed by atoms with Crippen molar-refractivity contribution in [2.24, 2.45) is 5.92 Å². The zero-order chi connectivity index (χ0) is 18.9. The summed E-state index contributed by atoms with van der Waals surface area (Å²) >= 11 is 0. The minimum absolute atomic E-state index is 0.136. The van der Waals surface area contributed by atoms with Gasteiger partial charge in [0.2, 0.25) is 15.9 Å². The molecule has 1 amide bonds. The molecule has 1 heterocycles. The van der Waals surface area contributed by atoms with E-state index in [-0.39, 0.29) is 22.8 Å². The van der Waals surface area contributed by atoms with Crippen molar-refractivity contribution < 1.29 is 31.1 Å². The van der Waals surface area contributed by atoms with E-state index < -0.39 is 22.1 Å². The molecule has 1 aliphatic carbocycles. The Labute approximate surface area is 149 Å². The van der Waals surface area contributed by atoms with Gasteiger partial charge in [-0.1, -0.05) is 0 Å². The van der Waals surface area contributed by atoms with E-state index in [4.69, 9.17) is 0 Å². The summed E-state index contributed by atoms with van der Waals surface area (Å²) in [6.45, 7) is 1.00. The van der Waals surface area contributed by atoms with Crippen LogP contribution in [0, 0.1) is 5.92 Å². The fourth-order valence-corrected chi connectivity index (χ4v) is 4.22. The first kappa shape index (κ1) is 19.0. The molecular formula is C16H19F3N2O4S. The van der Waals surface area contributed by atoms with E-state index in [2.05, 4.69) is 9.46 Å². The molecule has 2 fully saturated rings. The number of alkyl halides is 3. The number of sulfonamides is 1. The topological polar surface area (TPSA) is 75.7 Å². The van der Waals surface area contributed by atoms with Crippen LogP contribution < -0.4 is 9.46 Å². The number of likely N-dealkylation sites (tertiary alicyclic amines) is 1. The summed E-state index contributed by atoms with van der Waals surface area (Å²) < 4.78 is 67.5. The molecule has 26 heavy (non-hydrogen) atoms. The van der Waals surface area contributed by atoms with Crippen LogP contribution in [-0.2, 0) is 14.8 Å². The van der Waals surface area contributed by atoms with E-state index in [1.165, 1.54) is 0 Å². The molecule has 0 spiro atoms. The molecule has 0 radical (unpaired) electrons. The average Bonchev–Trinajstić information content (AvgIpc) is 3.38. The molecule has 0 aromatic heterocycles. The van der Waals surface area contributed by atoms with Gasteiger partial charge in [0.05, 0.1) is 4.90 Å². The Kier molecular flexibility index (Phi) is 5.16. The number of rotatable bonds is 5. The molecular weight excluding hydrogens is 373 g/mol. The lowest BCUT2D eigenvalue weighted by Crippen LogP contribution is -2.46. The van der Waals surface area contributed by atoms with Gasteiger partial charge in [-0.2, -0.15) is 0 Å². The Balaban J connectivity index is 1.56. The van der Waals surface area contributed by atoms with E-state index in [0.29, 0.717) is 25.9 Å². The Morgan fingerprint density at radius 2 is 1.65 bits per heavy atom. The minimum Gasteiger partial charge on any atom is -0.406 e. The van der Waals surface area contributed by atoms with Crippen molar-refractivity contribution in [3.63, 3.8) is 0 Å². The first-order chi connectivity index (χ1) is 12.1. The number of amides is 1. The lowest BCUT2D eigenvalue weighted by atomic mass is 10.1. The lowest BCUT2D eigenvalue weighted by Gasteiger charge is -2.32. The van der Waals surface area contributed by atoms with Gasteiger partial charge in [0, 0.05) is 25.0 Å². The zero-order valence-electron chi connectivity index (χ0n) is 13.8. The minimum atomic E-state index is -4.83. The van der Waals surface area contributed by atoms with Crippen molar-refractivity contribution in [3.05, 3.63) is 24.3 Å². The molecule has 144 valence electrons. The summed E-state index contributed by atoms with van der Waals surface area (Å²) in [6, 6.07) is 3.73. The predicted octanol–water partition coefficient (Wildman–Crippen LogP) is 2.26. The fraction of sp³-hybridized carbons (Fsp3) is 0.562. The fourth-order valence-electron chi connectivity index (χ4n) is 2.91. The van der Waals surface area contributed by atoms with Crippen LogP contribution in [0.3, 0.4) is 0 Å². The van der Waals surface area contributed by atoms with Crippen molar-refractivity contribution >= 4 is 15.9 Å². The Bertz CT molecular complexity index is 753. The highest BCUT2D eigenvalue weighted by atomic mass is 32.2. The highest BCUT2D eigenvalue weighted by Gasteiger charge is 2.35. The van der Waals surface area contributed by atoms with Crippen molar-refractivity contribution in [1.29, 1.82) is 0 Å². The third-order valence-corrected chi connectivity index (χ3v) is 5.96. The first-order valence-corrected chi connectivity index (χ1v) is 9.79. The highest BCUT2D eigenvalue weighted by Crippen LogP contribution is 2.32. The van der Waals surface area contributed by atoms with Gasteiger partial charge in [-0.15, -0.1) is 13.2 Å². The Morgan fingerprint density at radius 3 is 2.15 bits per heavy atom. The van der Waals surface area contributed by atoms with Gasteiger partial charge in [-0.05, 0) is 49.9 Å². The smallest absolute Gasteiger partial charge is 0.406 e. The van der Waals surface area contributed by atoms with Crippen LogP contribution in [0.15, 0.2) is 29.2 Å². The van der Waals surface area contributed by atoms with Crippen molar-refractivity contribution in [2.75, 3.05) is 13.1 Å². The Hall–Kier alpha value is -1.81. The summed E-state index contributed by atoms with van der Waals surface area (Å²) in [4.78, 5) is 13.6. The van der Waals surface area contributed by atoms with Crippen LogP contribution in [0.1, 0.15) is 25.7 Å². The third kappa shape index (κ3) is 4.88. The number of ether oxygens (including phenoxy) is 1. The van der Waals surface area contributed by atoms with Crippen molar-refractivity contribution in [2.45, 2.75) is 43.0 Å². The summed E-state index contributed by atoms with van der Waals surface area (Å²) in [7, 11) is -3.85. The summed E-state index contributed by atoms with van der Waals surface area (Å²) in [5.41, 5.74) is 0. The van der Waals surface area contributed by atoms with Crippen LogP contribution in [0.25, 0.3) is 0 Å². The first-order valence-electron chi connectivity index (χ1n) is 8.31. The van der Waals surface area contributed by atoms with Gasteiger partial charge in [-0.3, -0.25) is 4.79 Å². The van der Waals surface area contributed by atoms with E-state index in [1.54, 1.807) is 4.90 Å². The quantitative estimate of drug-likeness (QED) is 0.834. The molecule has 1 saturated carbocycles. The van der Waals surface area contributed by atoms with Gasteiger partial charge in [0.25, 0.3) is 0 Å². The van der Waals surface area contributed by atoms with E-state index in [0.717, 1.165) is 37.1 Å². The number of hydrogen-bond donors (Lipinski definition) is 1. The van der Waals surface area contributed by atoms with Gasteiger partial charge < -0.3 is 9.64 Å². The number of piperidine rings is 1. The van der Waals surface area contributed by atoms with E-state index in [9.17, 15) is 26.4 Å². The van der Waals surface area contributed by atoms with E-state index in [1.807, 2.05) is 0 Å². The van der Waals surface area contributed by atoms with Crippen LogP contribution >= 0.6 is 0 Å². The molecule has 1 aromatic carbocycles. The number of carbonyl (C=O) groups is 1. The maximum absolute atomic E-state index is 12.4. The third-order valence-electron chi connectivity index (χ3n) is 4.42. The molecule has 2 aliphatic rings. The molecule has 1 aromatic rings. The van der Waals surface area contributed by atoms with Gasteiger partial charge in [-0.25, -0.2) is 13.1 Å². The number of nitrogens with zero attached hydrogens (tertiary/aromatic N) is 1. The zero-order valence-corrected chi connectivity index (χ0v) is 14.6. The van der Waals surface area contributed by atoms with Crippen LogP contribution in [0.4, 0.5) is 13.2 Å². The number of hydrogen-bond acceptors (Lipinski definition) is 4. The molecule has 1 aliphatic heterocycles. The molecule has 3 rings (SSSR count). The number of carbonyl (C=O) groups excluding carboxylic acids is 1. The molecule has 6 nitrogen and oxygen atoms in total. The number of nitrogens with one attached hydrogen (secondary N) is 1. The summed E-state index contributed by atoms with van der Waals surface area (Å²) in [6.07, 6.45) is -1.96. The van der Waals surface area contributed by atoms with Crippen LogP contribution in [0.5, 0.6) is 5.75 Å². The molecule has 1 saturated heterocycles. The van der Waals surface area contributed by atoms with Crippen molar-refractivity contribution in [3.8, 4) is 5.75 Å². The molecule has 10 heteroatoms. The maximum atomic E-state index is 12.4.